The lowest BCUT2D eigenvalue weighted by atomic mass is 10.0. The topological polar surface area (TPSA) is 17.1 Å². The van der Waals surface area contributed by atoms with Crippen molar-refractivity contribution in [1.82, 2.24) is 0 Å². The molecular formula is C27H43IO. The van der Waals surface area contributed by atoms with Crippen LogP contribution >= 0.6 is 22.6 Å². The second kappa shape index (κ2) is 17.9. The molecule has 0 aliphatic carbocycles. The number of hydrogen-bond donors (Lipinski definition) is 0. The standard InChI is InChI=1S/C27H43IO/c1-22(2)12-9-15-23(3)13-7-8-14-24(4)16-10-17-25(5)18-11-19-26(6)20-21-27(28)29/h12-14,17,19H,7-11,15-16,18,20-21H2,1-6H3/b23-13-,24-14+,25-17+,26-19+. The number of halogens is 1. The summed E-state index contributed by atoms with van der Waals surface area (Å²) >= 11 is 1.88. The molecule has 0 aromatic carbocycles. The van der Waals surface area contributed by atoms with Gasteiger partial charge in [-0.1, -0.05) is 58.2 Å². The molecule has 0 unspecified atom stereocenters. The minimum absolute atomic E-state index is 0.250. The lowest BCUT2D eigenvalue weighted by molar-refractivity contribution is -0.109. The lowest BCUT2D eigenvalue weighted by Gasteiger charge is -2.03. The molecule has 0 spiro atoms. The van der Waals surface area contributed by atoms with E-state index in [1.54, 1.807) is 0 Å². The molecule has 0 bridgehead atoms. The van der Waals surface area contributed by atoms with E-state index in [2.05, 4.69) is 71.9 Å². The van der Waals surface area contributed by atoms with Crippen molar-refractivity contribution >= 4 is 26.4 Å². The Bertz CT molecular complexity index is 625. The first-order valence-corrected chi connectivity index (χ1v) is 12.2. The van der Waals surface area contributed by atoms with E-state index < -0.39 is 0 Å². The number of carbonyl (C=O) groups excluding carboxylic acids is 1. The van der Waals surface area contributed by atoms with Crippen LogP contribution in [0.5, 0.6) is 0 Å². The van der Waals surface area contributed by atoms with Gasteiger partial charge in [-0.25, -0.2) is 0 Å². The molecule has 0 rings (SSSR count). The van der Waals surface area contributed by atoms with Crippen molar-refractivity contribution in [2.24, 2.45) is 0 Å². The van der Waals surface area contributed by atoms with E-state index in [9.17, 15) is 4.79 Å². The smallest absolute Gasteiger partial charge is 0.192 e. The van der Waals surface area contributed by atoms with Crippen LogP contribution in [0.2, 0.25) is 0 Å². The zero-order chi connectivity index (χ0) is 22.1. The van der Waals surface area contributed by atoms with Crippen LogP contribution < -0.4 is 0 Å². The molecule has 0 fully saturated rings. The van der Waals surface area contributed by atoms with Gasteiger partial charge in [0.25, 0.3) is 0 Å². The van der Waals surface area contributed by atoms with Crippen LogP contribution in [0.1, 0.15) is 106 Å². The summed E-state index contributed by atoms with van der Waals surface area (Å²) in [6.45, 7) is 13.2. The fraction of sp³-hybridized carbons (Fsp3) is 0.593. The van der Waals surface area contributed by atoms with E-state index in [0.29, 0.717) is 6.42 Å². The molecule has 164 valence electrons. The van der Waals surface area contributed by atoms with Crippen molar-refractivity contribution < 1.29 is 4.79 Å². The van der Waals surface area contributed by atoms with Crippen LogP contribution in [0.15, 0.2) is 58.2 Å². The van der Waals surface area contributed by atoms with Gasteiger partial charge in [0.15, 0.2) is 3.79 Å². The lowest BCUT2D eigenvalue weighted by Crippen LogP contribution is -1.86. The molecule has 0 saturated carbocycles. The van der Waals surface area contributed by atoms with Crippen LogP contribution in [0.25, 0.3) is 0 Å². The number of rotatable bonds is 15. The third-order valence-corrected chi connectivity index (χ3v) is 5.56. The molecule has 0 saturated heterocycles. The third kappa shape index (κ3) is 20.2. The maximum Gasteiger partial charge on any atom is 0.192 e. The largest absolute Gasteiger partial charge is 0.288 e. The molecule has 0 N–H and O–H groups in total. The second-order valence-corrected chi connectivity index (χ2v) is 9.74. The van der Waals surface area contributed by atoms with Gasteiger partial charge in [0.05, 0.1) is 0 Å². The van der Waals surface area contributed by atoms with Gasteiger partial charge >= 0.3 is 0 Å². The monoisotopic (exact) mass is 510 g/mol. The molecule has 0 radical (unpaired) electrons. The zero-order valence-electron chi connectivity index (χ0n) is 19.7. The first kappa shape index (κ1) is 28.1. The zero-order valence-corrected chi connectivity index (χ0v) is 21.9. The Morgan fingerprint density at radius 2 is 0.862 bits per heavy atom. The van der Waals surface area contributed by atoms with Gasteiger partial charge in [-0.2, -0.15) is 0 Å². The molecule has 0 aromatic rings. The minimum atomic E-state index is 0.250. The van der Waals surface area contributed by atoms with Gasteiger partial charge in [0.2, 0.25) is 0 Å². The van der Waals surface area contributed by atoms with Gasteiger partial charge in [0, 0.05) is 6.42 Å². The summed E-state index contributed by atoms with van der Waals surface area (Å²) < 4.78 is 0.250. The Morgan fingerprint density at radius 3 is 1.24 bits per heavy atom. The van der Waals surface area contributed by atoms with E-state index in [0.717, 1.165) is 44.9 Å². The SMILES string of the molecule is CC(C)=CCC/C(C)=C\CC/C=C(\C)CC/C=C(\C)CC/C=C(\C)CCC(=O)I. The average molecular weight is 511 g/mol. The quantitative estimate of drug-likeness (QED) is 0.0928. The maximum atomic E-state index is 11.0. The third-order valence-electron chi connectivity index (χ3n) is 5.02. The summed E-state index contributed by atoms with van der Waals surface area (Å²) in [4.78, 5) is 11.0. The molecule has 1 nitrogen and oxygen atoms in total. The van der Waals surface area contributed by atoms with Crippen LogP contribution in [-0.4, -0.2) is 3.79 Å². The number of carbonyl (C=O) groups is 1. The Labute approximate surface area is 194 Å². The predicted molar refractivity (Wildman–Crippen MR) is 140 cm³/mol. The molecule has 29 heavy (non-hydrogen) atoms. The summed E-state index contributed by atoms with van der Waals surface area (Å²) in [6, 6.07) is 0. The van der Waals surface area contributed by atoms with Crippen LogP contribution in [0.4, 0.5) is 0 Å². The normalized spacial score (nSPS) is 13.6. The minimum Gasteiger partial charge on any atom is -0.288 e. The van der Waals surface area contributed by atoms with Gasteiger partial charge in [-0.05, 0) is 122 Å². The van der Waals surface area contributed by atoms with Crippen LogP contribution in [0, 0.1) is 0 Å². The van der Waals surface area contributed by atoms with Crippen molar-refractivity contribution in [1.29, 1.82) is 0 Å². The summed E-state index contributed by atoms with van der Waals surface area (Å²) in [5.41, 5.74) is 7.24. The molecule has 0 atom stereocenters. The molecule has 0 aromatic heterocycles. The van der Waals surface area contributed by atoms with Crippen molar-refractivity contribution in [3.8, 4) is 0 Å². The first-order chi connectivity index (χ1) is 13.7. The Hall–Kier alpha value is -0.900. The van der Waals surface area contributed by atoms with E-state index in [4.69, 9.17) is 0 Å². The average Bonchev–Trinajstić information content (AvgIpc) is 2.63. The fourth-order valence-electron chi connectivity index (χ4n) is 3.04. The number of hydrogen-bond acceptors (Lipinski definition) is 1. The van der Waals surface area contributed by atoms with Crippen molar-refractivity contribution in [3.05, 3.63) is 58.2 Å². The van der Waals surface area contributed by atoms with E-state index in [1.807, 2.05) is 22.6 Å². The Kier molecular flexibility index (Phi) is 17.4. The summed E-state index contributed by atoms with van der Waals surface area (Å²) in [5.74, 6) is 0. The highest BCUT2D eigenvalue weighted by molar-refractivity contribution is 14.1. The Balaban J connectivity index is 4.04. The van der Waals surface area contributed by atoms with E-state index >= 15 is 0 Å². The van der Waals surface area contributed by atoms with E-state index in [1.165, 1.54) is 40.7 Å². The Morgan fingerprint density at radius 1 is 0.517 bits per heavy atom. The summed E-state index contributed by atoms with van der Waals surface area (Å²) in [5, 5.41) is 0. The summed E-state index contributed by atoms with van der Waals surface area (Å²) in [7, 11) is 0. The molecule has 2 heteroatoms. The molecule has 0 heterocycles. The van der Waals surface area contributed by atoms with Crippen LogP contribution in [0.3, 0.4) is 0 Å². The number of allylic oxidation sites excluding steroid dienone is 10. The second-order valence-electron chi connectivity index (χ2n) is 8.53. The number of unbranched alkanes of at least 4 members (excludes halogenated alkanes) is 1. The fourth-order valence-corrected chi connectivity index (χ4v) is 3.31. The molecule has 0 aliphatic rings. The van der Waals surface area contributed by atoms with Gasteiger partial charge < -0.3 is 0 Å². The molecule has 0 amide bonds. The van der Waals surface area contributed by atoms with Crippen molar-refractivity contribution in [3.63, 3.8) is 0 Å². The summed E-state index contributed by atoms with van der Waals surface area (Å²) in [6.07, 6.45) is 22.5. The van der Waals surface area contributed by atoms with Crippen molar-refractivity contribution in [2.45, 2.75) is 106 Å². The maximum absolute atomic E-state index is 11.0. The van der Waals surface area contributed by atoms with Gasteiger partial charge in [0.1, 0.15) is 0 Å². The first-order valence-electron chi connectivity index (χ1n) is 11.1. The highest BCUT2D eigenvalue weighted by atomic mass is 127. The van der Waals surface area contributed by atoms with Gasteiger partial charge in [-0.3, -0.25) is 4.79 Å². The van der Waals surface area contributed by atoms with Crippen LogP contribution in [-0.2, 0) is 4.79 Å². The van der Waals surface area contributed by atoms with E-state index in [-0.39, 0.29) is 3.79 Å². The molecular weight excluding hydrogens is 467 g/mol. The predicted octanol–water partition coefficient (Wildman–Crippen LogP) is 9.60. The highest BCUT2D eigenvalue weighted by Crippen LogP contribution is 2.14. The highest BCUT2D eigenvalue weighted by Gasteiger charge is 1.97. The molecule has 0 aliphatic heterocycles. The van der Waals surface area contributed by atoms with Gasteiger partial charge in [-0.15, -0.1) is 0 Å². The van der Waals surface area contributed by atoms with Crippen molar-refractivity contribution in [2.75, 3.05) is 0 Å².